The summed E-state index contributed by atoms with van der Waals surface area (Å²) in [5.41, 5.74) is 3.13. The van der Waals surface area contributed by atoms with Gasteiger partial charge in [0.2, 0.25) is 0 Å². The van der Waals surface area contributed by atoms with Crippen molar-refractivity contribution >= 4 is 21.3 Å². The molecule has 1 saturated heterocycles. The van der Waals surface area contributed by atoms with Gasteiger partial charge in [0.05, 0.1) is 8.07 Å². The van der Waals surface area contributed by atoms with E-state index in [1.165, 1.54) is 6.04 Å². The number of benzene rings is 1. The number of hydrogen-bond acceptors (Lipinski definition) is 0. The van der Waals surface area contributed by atoms with Crippen molar-refractivity contribution in [3.05, 3.63) is 43.0 Å². The van der Waals surface area contributed by atoms with Crippen LogP contribution < -0.4 is 5.19 Å². The predicted molar refractivity (Wildman–Crippen MR) is 73.9 cm³/mol. The van der Waals surface area contributed by atoms with Crippen LogP contribution in [0.2, 0.25) is 30.5 Å². The van der Waals surface area contributed by atoms with Crippen LogP contribution in [0.25, 0.3) is 0 Å². The molecule has 0 saturated carbocycles. The Morgan fingerprint density at radius 2 is 1.80 bits per heavy atom. The molecule has 1 aromatic rings. The molecule has 0 aromatic heterocycles. The Morgan fingerprint density at radius 3 is 2.27 bits per heavy atom. The van der Waals surface area contributed by atoms with Gasteiger partial charge in [-0.2, -0.15) is 0 Å². The Labute approximate surface area is 95.1 Å². The van der Waals surface area contributed by atoms with Crippen LogP contribution in [-0.2, 0) is 0 Å². The standard InChI is InChI=1S/C13H20Si2/c1-4-10-15(11-14(2,3)12-15)13-8-6-5-7-9-13/h4-9H,1,10-12H2,2-3H3. The molecule has 0 atom stereocenters. The number of allylic oxidation sites excluding steroid dienone is 1. The second-order valence-corrected chi connectivity index (χ2v) is 16.4. The Morgan fingerprint density at radius 1 is 1.20 bits per heavy atom. The fraction of sp³-hybridized carbons (Fsp3) is 0.385. The highest BCUT2D eigenvalue weighted by Crippen LogP contribution is 2.42. The molecule has 0 radical (unpaired) electrons. The second kappa shape index (κ2) is 3.76. The Hall–Kier alpha value is -0.606. The molecule has 1 aromatic carbocycles. The normalized spacial score (nSPS) is 21.7. The van der Waals surface area contributed by atoms with Gasteiger partial charge in [0.25, 0.3) is 0 Å². The van der Waals surface area contributed by atoms with E-state index in [0.717, 1.165) is 0 Å². The minimum atomic E-state index is -1.11. The van der Waals surface area contributed by atoms with E-state index in [-0.39, 0.29) is 0 Å². The van der Waals surface area contributed by atoms with Gasteiger partial charge in [0.15, 0.2) is 0 Å². The van der Waals surface area contributed by atoms with Crippen LogP contribution in [-0.4, -0.2) is 16.1 Å². The molecular formula is C13H20Si2. The lowest BCUT2D eigenvalue weighted by atomic mass is 10.4. The molecular weight excluding hydrogens is 212 g/mol. The zero-order chi connectivity index (χ0) is 10.9. The van der Waals surface area contributed by atoms with Gasteiger partial charge in [-0.15, -0.1) is 6.58 Å². The summed E-state index contributed by atoms with van der Waals surface area (Å²) in [5, 5.41) is 1.66. The zero-order valence-electron chi connectivity index (χ0n) is 9.79. The van der Waals surface area contributed by atoms with Gasteiger partial charge in [-0.3, -0.25) is 0 Å². The molecule has 1 aliphatic rings. The largest absolute Gasteiger partial charge is 0.103 e. The van der Waals surface area contributed by atoms with E-state index in [0.29, 0.717) is 0 Å². The first kappa shape index (κ1) is 10.9. The van der Waals surface area contributed by atoms with E-state index >= 15 is 0 Å². The maximum Gasteiger partial charge on any atom is 0.0852 e. The van der Waals surface area contributed by atoms with E-state index in [4.69, 9.17) is 0 Å². The Balaban J connectivity index is 2.26. The predicted octanol–water partition coefficient (Wildman–Crippen LogP) is 3.33. The molecule has 0 amide bonds. The van der Waals surface area contributed by atoms with Crippen LogP contribution in [0.3, 0.4) is 0 Å². The maximum atomic E-state index is 3.95. The van der Waals surface area contributed by atoms with E-state index in [1.807, 2.05) is 0 Å². The van der Waals surface area contributed by atoms with Crippen molar-refractivity contribution in [1.82, 2.24) is 0 Å². The molecule has 2 heteroatoms. The molecule has 1 aliphatic heterocycles. The topological polar surface area (TPSA) is 0 Å². The van der Waals surface area contributed by atoms with Crippen LogP contribution in [0.4, 0.5) is 0 Å². The van der Waals surface area contributed by atoms with Crippen molar-refractivity contribution in [2.24, 2.45) is 0 Å². The van der Waals surface area contributed by atoms with Crippen LogP contribution in [0, 0.1) is 0 Å². The SMILES string of the molecule is C=CC[Si]1(c2ccccc2)C[Si](C)(C)C1. The van der Waals surface area contributed by atoms with Crippen LogP contribution >= 0.6 is 0 Å². The summed E-state index contributed by atoms with van der Waals surface area (Å²) in [5.74, 6) is 0. The molecule has 1 fully saturated rings. The maximum absolute atomic E-state index is 3.95. The van der Waals surface area contributed by atoms with Gasteiger partial charge >= 0.3 is 0 Å². The third-order valence-electron chi connectivity index (χ3n) is 3.56. The zero-order valence-corrected chi connectivity index (χ0v) is 11.8. The average molecular weight is 232 g/mol. The minimum Gasteiger partial charge on any atom is -0.103 e. The minimum absolute atomic E-state index is 0.792. The molecule has 0 aliphatic carbocycles. The summed E-state index contributed by atoms with van der Waals surface area (Å²) in [6, 6.07) is 12.5. The highest BCUT2D eigenvalue weighted by molar-refractivity contribution is 7.18. The third kappa shape index (κ3) is 2.01. The highest BCUT2D eigenvalue weighted by Gasteiger charge is 2.51. The third-order valence-corrected chi connectivity index (χ3v) is 19.3. The van der Waals surface area contributed by atoms with Crippen molar-refractivity contribution in [2.75, 3.05) is 0 Å². The van der Waals surface area contributed by atoms with Gasteiger partial charge in [-0.25, -0.2) is 0 Å². The number of rotatable bonds is 3. The molecule has 2 rings (SSSR count). The first-order valence-corrected chi connectivity index (χ1v) is 11.8. The summed E-state index contributed by atoms with van der Waals surface area (Å²) < 4.78 is 0. The van der Waals surface area contributed by atoms with E-state index < -0.39 is 16.1 Å². The van der Waals surface area contributed by atoms with E-state index in [1.54, 1.807) is 16.5 Å². The molecule has 1 heterocycles. The summed E-state index contributed by atoms with van der Waals surface area (Å²) in [7, 11) is -1.90. The smallest absolute Gasteiger partial charge is 0.0852 e. The molecule has 0 nitrogen and oxygen atoms in total. The highest BCUT2D eigenvalue weighted by atomic mass is 28.5. The van der Waals surface area contributed by atoms with E-state index in [2.05, 4.69) is 56.1 Å². The first-order valence-electron chi connectivity index (χ1n) is 5.74. The lowest BCUT2D eigenvalue weighted by Crippen LogP contribution is -2.66. The van der Waals surface area contributed by atoms with Gasteiger partial charge in [0, 0.05) is 8.07 Å². The fourth-order valence-corrected chi connectivity index (χ4v) is 22.0. The molecule has 0 N–H and O–H groups in total. The van der Waals surface area contributed by atoms with Crippen molar-refractivity contribution in [3.8, 4) is 0 Å². The van der Waals surface area contributed by atoms with Crippen LogP contribution in [0.5, 0.6) is 0 Å². The van der Waals surface area contributed by atoms with Crippen molar-refractivity contribution in [3.63, 3.8) is 0 Å². The van der Waals surface area contributed by atoms with Crippen molar-refractivity contribution in [2.45, 2.75) is 30.5 Å². The second-order valence-electron chi connectivity index (χ2n) is 5.66. The lowest BCUT2D eigenvalue weighted by Gasteiger charge is -2.51. The quantitative estimate of drug-likeness (QED) is 0.554. The van der Waals surface area contributed by atoms with Gasteiger partial charge in [0.1, 0.15) is 0 Å². The number of hydrogen-bond donors (Lipinski definition) is 0. The van der Waals surface area contributed by atoms with Crippen molar-refractivity contribution in [1.29, 1.82) is 0 Å². The van der Waals surface area contributed by atoms with Gasteiger partial charge < -0.3 is 0 Å². The van der Waals surface area contributed by atoms with Crippen LogP contribution in [0.15, 0.2) is 43.0 Å². The van der Waals surface area contributed by atoms with Gasteiger partial charge in [-0.05, 0) is 6.04 Å². The molecule has 0 bridgehead atoms. The first-order chi connectivity index (χ1) is 7.08. The molecule has 15 heavy (non-hydrogen) atoms. The summed E-state index contributed by atoms with van der Waals surface area (Å²) in [6.07, 6.45) is 2.16. The molecule has 0 spiro atoms. The van der Waals surface area contributed by atoms with Crippen molar-refractivity contribution < 1.29 is 0 Å². The average Bonchev–Trinajstić information content (AvgIpc) is 2.16. The summed E-state index contributed by atoms with van der Waals surface area (Å²) in [4.78, 5) is 0. The van der Waals surface area contributed by atoms with Crippen LogP contribution in [0.1, 0.15) is 0 Å². The summed E-state index contributed by atoms with van der Waals surface area (Å²) >= 11 is 0. The molecule has 0 unspecified atom stereocenters. The monoisotopic (exact) mass is 232 g/mol. The fourth-order valence-electron chi connectivity index (χ4n) is 3.31. The molecule has 80 valence electrons. The Kier molecular flexibility index (Phi) is 2.73. The van der Waals surface area contributed by atoms with E-state index in [9.17, 15) is 0 Å². The lowest BCUT2D eigenvalue weighted by molar-refractivity contribution is 1.31. The Bertz CT molecular complexity index is 346. The van der Waals surface area contributed by atoms with Gasteiger partial charge in [-0.1, -0.05) is 66.0 Å². The summed E-state index contributed by atoms with van der Waals surface area (Å²) in [6.45, 7) is 9.01.